The van der Waals surface area contributed by atoms with Crippen LogP contribution in [0.3, 0.4) is 0 Å². The molecule has 1 saturated heterocycles. The zero-order valence-electron chi connectivity index (χ0n) is 17.4. The highest BCUT2D eigenvalue weighted by Crippen LogP contribution is 2.40. The molecule has 1 aromatic carbocycles. The minimum Gasteiger partial charge on any atom is -0.490 e. The molecule has 0 aromatic heterocycles. The van der Waals surface area contributed by atoms with Crippen LogP contribution in [0.15, 0.2) is 18.2 Å². The lowest BCUT2D eigenvalue weighted by molar-refractivity contribution is -0.133. The normalized spacial score (nSPS) is 20.9. The Morgan fingerprint density at radius 3 is 2.50 bits per heavy atom. The van der Waals surface area contributed by atoms with Crippen LogP contribution in [0.4, 0.5) is 0 Å². The Bertz CT molecular complexity index is 740. The molecule has 3 rings (SSSR count). The van der Waals surface area contributed by atoms with Crippen LogP contribution in [0.25, 0.3) is 0 Å². The van der Waals surface area contributed by atoms with Gasteiger partial charge in [-0.3, -0.25) is 9.59 Å². The van der Waals surface area contributed by atoms with Gasteiger partial charge in [-0.1, -0.05) is 6.07 Å². The highest BCUT2D eigenvalue weighted by Gasteiger charge is 2.49. The van der Waals surface area contributed by atoms with Crippen molar-refractivity contribution in [1.82, 2.24) is 10.6 Å². The van der Waals surface area contributed by atoms with Crippen LogP contribution in [0.1, 0.15) is 65.4 Å². The van der Waals surface area contributed by atoms with Crippen molar-refractivity contribution in [1.29, 1.82) is 0 Å². The second kappa shape index (κ2) is 8.02. The summed E-state index contributed by atoms with van der Waals surface area (Å²) in [6, 6.07) is 5.68. The largest absolute Gasteiger partial charge is 0.490 e. The molecule has 0 bridgehead atoms. The molecule has 1 atom stereocenters. The molecule has 2 aliphatic rings. The number of hydrogen-bond donors (Lipinski definition) is 2. The first kappa shape index (κ1) is 20.5. The van der Waals surface area contributed by atoms with Gasteiger partial charge in [-0.2, -0.15) is 0 Å². The summed E-state index contributed by atoms with van der Waals surface area (Å²) in [4.78, 5) is 25.1. The molecule has 1 heterocycles. The Morgan fingerprint density at radius 1 is 1.21 bits per heavy atom. The minimum absolute atomic E-state index is 0.0141. The first-order chi connectivity index (χ1) is 13.3. The van der Waals surface area contributed by atoms with Crippen LogP contribution in [0.2, 0.25) is 0 Å². The standard InChI is InChI=1S/C22H32N2O4/c1-5-27-16-9-8-15(14-17(16)28-6-2)21(3,4)20(26)23-18-10-11-19(25)24-22(18)12-7-13-22/h8-9,14,18H,5-7,10-13H2,1-4H3,(H,23,26)(H,24,25). The van der Waals surface area contributed by atoms with Gasteiger partial charge in [0.15, 0.2) is 11.5 Å². The number of benzene rings is 1. The monoisotopic (exact) mass is 388 g/mol. The van der Waals surface area contributed by atoms with Crippen molar-refractivity contribution in [2.24, 2.45) is 0 Å². The summed E-state index contributed by atoms with van der Waals surface area (Å²) in [5.74, 6) is 1.40. The van der Waals surface area contributed by atoms with E-state index in [0.29, 0.717) is 37.6 Å². The second-order valence-corrected chi connectivity index (χ2v) is 8.28. The van der Waals surface area contributed by atoms with Crippen molar-refractivity contribution >= 4 is 11.8 Å². The summed E-state index contributed by atoms with van der Waals surface area (Å²) in [6.07, 6.45) is 4.11. The van der Waals surface area contributed by atoms with Gasteiger partial charge in [0, 0.05) is 6.42 Å². The summed E-state index contributed by atoms with van der Waals surface area (Å²) in [6.45, 7) is 8.78. The van der Waals surface area contributed by atoms with Gasteiger partial charge in [0.2, 0.25) is 11.8 Å². The molecule has 2 fully saturated rings. The highest BCUT2D eigenvalue weighted by atomic mass is 16.5. The molecule has 1 spiro atoms. The van der Waals surface area contributed by atoms with Crippen LogP contribution in [-0.2, 0) is 15.0 Å². The third-order valence-electron chi connectivity index (χ3n) is 6.10. The molecule has 28 heavy (non-hydrogen) atoms. The van der Waals surface area contributed by atoms with E-state index >= 15 is 0 Å². The Balaban J connectivity index is 1.79. The van der Waals surface area contributed by atoms with E-state index in [1.165, 1.54) is 0 Å². The van der Waals surface area contributed by atoms with Gasteiger partial charge in [-0.15, -0.1) is 0 Å². The Hall–Kier alpha value is -2.24. The van der Waals surface area contributed by atoms with Crippen molar-refractivity contribution in [2.75, 3.05) is 13.2 Å². The second-order valence-electron chi connectivity index (χ2n) is 8.28. The van der Waals surface area contributed by atoms with Gasteiger partial charge in [0.05, 0.1) is 30.2 Å². The molecule has 6 heteroatoms. The molecule has 1 saturated carbocycles. The first-order valence-corrected chi connectivity index (χ1v) is 10.3. The maximum atomic E-state index is 13.2. The van der Waals surface area contributed by atoms with E-state index in [1.54, 1.807) is 0 Å². The van der Waals surface area contributed by atoms with Gasteiger partial charge in [-0.05, 0) is 71.1 Å². The van der Waals surface area contributed by atoms with Crippen molar-refractivity contribution in [3.63, 3.8) is 0 Å². The van der Waals surface area contributed by atoms with E-state index in [2.05, 4.69) is 10.6 Å². The Morgan fingerprint density at radius 2 is 1.89 bits per heavy atom. The van der Waals surface area contributed by atoms with E-state index < -0.39 is 5.41 Å². The number of carbonyl (C=O) groups is 2. The third-order valence-corrected chi connectivity index (χ3v) is 6.10. The fourth-order valence-electron chi connectivity index (χ4n) is 4.13. The molecule has 154 valence electrons. The molecule has 1 aromatic rings. The summed E-state index contributed by atoms with van der Waals surface area (Å²) in [5.41, 5.74) is -0.112. The molecule has 6 nitrogen and oxygen atoms in total. The third kappa shape index (κ3) is 3.82. The van der Waals surface area contributed by atoms with Crippen molar-refractivity contribution < 1.29 is 19.1 Å². The summed E-state index contributed by atoms with van der Waals surface area (Å²) in [5, 5.41) is 6.37. The summed E-state index contributed by atoms with van der Waals surface area (Å²) >= 11 is 0. The van der Waals surface area contributed by atoms with Crippen LogP contribution in [-0.4, -0.2) is 36.6 Å². The van der Waals surface area contributed by atoms with Crippen LogP contribution >= 0.6 is 0 Å². The predicted octanol–water partition coefficient (Wildman–Crippen LogP) is 3.08. The van der Waals surface area contributed by atoms with Gasteiger partial charge < -0.3 is 20.1 Å². The number of nitrogens with one attached hydrogen (secondary N) is 2. The fourth-order valence-corrected chi connectivity index (χ4v) is 4.13. The van der Waals surface area contributed by atoms with Crippen molar-refractivity contribution in [3.05, 3.63) is 23.8 Å². The average Bonchev–Trinajstić information content (AvgIpc) is 2.63. The number of amides is 2. The molecule has 1 aliphatic carbocycles. The lowest BCUT2D eigenvalue weighted by Gasteiger charge is -2.51. The zero-order valence-corrected chi connectivity index (χ0v) is 17.4. The van der Waals surface area contributed by atoms with Gasteiger partial charge in [0.1, 0.15) is 0 Å². The van der Waals surface area contributed by atoms with Gasteiger partial charge in [0.25, 0.3) is 0 Å². The lowest BCUT2D eigenvalue weighted by Crippen LogP contribution is -2.69. The molecule has 1 aliphatic heterocycles. The number of hydrogen-bond acceptors (Lipinski definition) is 4. The first-order valence-electron chi connectivity index (χ1n) is 10.3. The predicted molar refractivity (Wildman–Crippen MR) is 108 cm³/mol. The van der Waals surface area contributed by atoms with Crippen LogP contribution < -0.4 is 20.1 Å². The number of piperidine rings is 1. The van der Waals surface area contributed by atoms with E-state index in [4.69, 9.17) is 9.47 Å². The maximum absolute atomic E-state index is 13.2. The number of ether oxygens (including phenoxy) is 2. The summed E-state index contributed by atoms with van der Waals surface area (Å²) < 4.78 is 11.4. The van der Waals surface area contributed by atoms with Crippen LogP contribution in [0.5, 0.6) is 11.5 Å². The Kier molecular flexibility index (Phi) is 5.87. The molecule has 2 N–H and O–H groups in total. The molecule has 1 unspecified atom stereocenters. The maximum Gasteiger partial charge on any atom is 0.230 e. The number of rotatable bonds is 7. The quantitative estimate of drug-likeness (QED) is 0.753. The van der Waals surface area contributed by atoms with Crippen molar-refractivity contribution in [2.45, 2.75) is 76.8 Å². The van der Waals surface area contributed by atoms with E-state index in [-0.39, 0.29) is 23.4 Å². The minimum atomic E-state index is -0.733. The van der Waals surface area contributed by atoms with Gasteiger partial charge >= 0.3 is 0 Å². The average molecular weight is 389 g/mol. The van der Waals surface area contributed by atoms with E-state index in [9.17, 15) is 9.59 Å². The van der Waals surface area contributed by atoms with Crippen molar-refractivity contribution in [3.8, 4) is 11.5 Å². The molecule has 0 radical (unpaired) electrons. The van der Waals surface area contributed by atoms with Gasteiger partial charge in [-0.25, -0.2) is 0 Å². The molecular formula is C22H32N2O4. The smallest absolute Gasteiger partial charge is 0.230 e. The van der Waals surface area contributed by atoms with E-state index in [1.807, 2.05) is 45.9 Å². The van der Waals surface area contributed by atoms with Crippen LogP contribution in [0, 0.1) is 0 Å². The summed E-state index contributed by atoms with van der Waals surface area (Å²) in [7, 11) is 0. The SMILES string of the molecule is CCOc1ccc(C(C)(C)C(=O)NC2CCC(=O)NC23CCC3)cc1OCC. The number of carbonyl (C=O) groups excluding carboxylic acids is 2. The topological polar surface area (TPSA) is 76.7 Å². The van der Waals surface area contributed by atoms with E-state index in [0.717, 1.165) is 24.8 Å². The fraction of sp³-hybridized carbons (Fsp3) is 0.636. The zero-order chi connectivity index (χ0) is 20.4. The molecular weight excluding hydrogens is 356 g/mol. The Labute approximate surface area is 167 Å². The lowest BCUT2D eigenvalue weighted by atomic mass is 9.68. The highest BCUT2D eigenvalue weighted by molar-refractivity contribution is 5.88. The molecule has 2 amide bonds.